The first-order chi connectivity index (χ1) is 13.6. The van der Waals surface area contributed by atoms with E-state index in [0.29, 0.717) is 16.3 Å². The Morgan fingerprint density at radius 1 is 1.07 bits per heavy atom. The highest BCUT2D eigenvalue weighted by molar-refractivity contribution is 9.10. The molecule has 4 nitrogen and oxygen atoms in total. The molecule has 0 bridgehead atoms. The minimum Gasteiger partial charge on any atom is -0.267 e. The highest BCUT2D eigenvalue weighted by atomic mass is 79.9. The number of amides is 1. The Hall–Kier alpha value is -2.90. The molecule has 0 aliphatic carbocycles. The minimum absolute atomic E-state index is 0.294. The zero-order chi connectivity index (χ0) is 19.5. The van der Waals surface area contributed by atoms with Crippen LogP contribution in [0.5, 0.6) is 0 Å². The van der Waals surface area contributed by atoms with Crippen LogP contribution in [0.3, 0.4) is 0 Å². The molecule has 4 rings (SSSR count). The smallest absolute Gasteiger partial charge is 0.267 e. The lowest BCUT2D eigenvalue weighted by Gasteiger charge is -2.13. The molecule has 0 unspecified atom stereocenters. The first-order valence-electron chi connectivity index (χ1n) is 8.35. The number of hydrogen-bond donors (Lipinski definition) is 0. The summed E-state index contributed by atoms with van der Waals surface area (Å²) in [7, 11) is 0. The molecule has 0 saturated carbocycles. The fourth-order valence-corrected chi connectivity index (χ4v) is 4.02. The van der Waals surface area contributed by atoms with E-state index >= 15 is 0 Å². The molecule has 0 aliphatic rings. The summed E-state index contributed by atoms with van der Waals surface area (Å²) in [6.45, 7) is 0. The third-order valence-electron chi connectivity index (χ3n) is 3.93. The monoisotopic (exact) mass is 453 g/mol. The van der Waals surface area contributed by atoms with Gasteiger partial charge in [0.15, 0.2) is 0 Å². The van der Waals surface area contributed by atoms with Gasteiger partial charge >= 0.3 is 0 Å². The number of hydrazone groups is 1. The van der Waals surface area contributed by atoms with E-state index in [0.717, 1.165) is 14.7 Å². The summed E-state index contributed by atoms with van der Waals surface area (Å²) in [5, 5.41) is 6.09. The van der Waals surface area contributed by atoms with Gasteiger partial charge in [-0.25, -0.2) is 9.37 Å². The van der Waals surface area contributed by atoms with Crippen molar-refractivity contribution in [3.8, 4) is 0 Å². The number of carbonyl (C=O) groups excluding carboxylic acids is 1. The molecule has 3 aromatic carbocycles. The van der Waals surface area contributed by atoms with E-state index in [1.807, 2.05) is 24.3 Å². The maximum atomic E-state index is 13.1. The Morgan fingerprint density at radius 3 is 2.57 bits per heavy atom. The molecule has 0 spiro atoms. The number of carbonyl (C=O) groups is 1. The van der Waals surface area contributed by atoms with E-state index in [4.69, 9.17) is 0 Å². The number of benzene rings is 3. The summed E-state index contributed by atoms with van der Waals surface area (Å²) >= 11 is 4.82. The molecule has 0 N–H and O–H groups in total. The number of halogens is 2. The topological polar surface area (TPSA) is 45.6 Å². The largest absolute Gasteiger partial charge is 0.280 e. The normalized spacial score (nSPS) is 11.2. The molecule has 0 aliphatic heterocycles. The van der Waals surface area contributed by atoms with Crippen molar-refractivity contribution in [2.24, 2.45) is 5.10 Å². The summed E-state index contributed by atoms with van der Waals surface area (Å²) in [4.78, 5) is 17.6. The number of fused-ring (bicyclic) bond motifs is 1. The predicted molar refractivity (Wildman–Crippen MR) is 115 cm³/mol. The maximum Gasteiger partial charge on any atom is 0.280 e. The average molecular weight is 454 g/mol. The standard InChI is InChI=1S/C21H13BrFN3OS/c22-16-8-11-18-19(12-16)28-21(25-18)26(20(27)15-4-2-1-3-5-15)24-13-14-6-9-17(23)10-7-14/h1-13H/b24-13+. The zero-order valence-corrected chi connectivity index (χ0v) is 16.8. The van der Waals surface area contributed by atoms with Crippen LogP contribution in [-0.4, -0.2) is 17.1 Å². The lowest BCUT2D eigenvalue weighted by atomic mass is 10.2. The molecule has 0 saturated heterocycles. The van der Waals surface area contributed by atoms with Gasteiger partial charge in [0.1, 0.15) is 5.82 Å². The van der Waals surface area contributed by atoms with Crippen molar-refractivity contribution in [3.63, 3.8) is 0 Å². The van der Waals surface area contributed by atoms with Crippen LogP contribution in [0, 0.1) is 5.82 Å². The quantitative estimate of drug-likeness (QED) is 0.286. The van der Waals surface area contributed by atoms with Gasteiger partial charge in [0.25, 0.3) is 5.91 Å². The highest BCUT2D eigenvalue weighted by Crippen LogP contribution is 2.31. The molecular weight excluding hydrogens is 441 g/mol. The van der Waals surface area contributed by atoms with Crippen LogP contribution in [-0.2, 0) is 0 Å². The summed E-state index contributed by atoms with van der Waals surface area (Å²) < 4.78 is 15.0. The molecule has 0 atom stereocenters. The third kappa shape index (κ3) is 4.00. The van der Waals surface area contributed by atoms with Gasteiger partial charge in [0, 0.05) is 10.0 Å². The van der Waals surface area contributed by atoms with Gasteiger partial charge in [-0.05, 0) is 48.0 Å². The Morgan fingerprint density at radius 2 is 1.82 bits per heavy atom. The molecule has 1 heterocycles. The van der Waals surface area contributed by atoms with Crippen molar-refractivity contribution >= 4 is 54.7 Å². The van der Waals surface area contributed by atoms with Gasteiger partial charge in [-0.2, -0.15) is 10.1 Å². The van der Waals surface area contributed by atoms with Crippen LogP contribution < -0.4 is 5.01 Å². The van der Waals surface area contributed by atoms with Crippen LogP contribution in [0.2, 0.25) is 0 Å². The third-order valence-corrected chi connectivity index (χ3v) is 5.41. The number of nitrogens with zero attached hydrogens (tertiary/aromatic N) is 3. The zero-order valence-electron chi connectivity index (χ0n) is 14.4. The summed E-state index contributed by atoms with van der Waals surface area (Å²) in [5.74, 6) is -0.622. The molecule has 0 fully saturated rings. The number of aromatic nitrogens is 1. The van der Waals surface area contributed by atoms with Crippen molar-refractivity contribution in [2.45, 2.75) is 0 Å². The molecule has 0 radical (unpaired) electrons. The molecule has 7 heteroatoms. The second kappa shape index (κ2) is 8.00. The van der Waals surface area contributed by atoms with Gasteiger partial charge in [-0.3, -0.25) is 4.79 Å². The number of anilines is 1. The molecule has 138 valence electrons. The van der Waals surface area contributed by atoms with Gasteiger partial charge < -0.3 is 0 Å². The van der Waals surface area contributed by atoms with Crippen molar-refractivity contribution in [3.05, 3.63) is 94.2 Å². The SMILES string of the molecule is O=C(c1ccccc1)N(/N=C/c1ccc(F)cc1)c1nc2ccc(Br)cc2s1. The van der Waals surface area contributed by atoms with Crippen molar-refractivity contribution in [1.82, 2.24) is 4.98 Å². The van der Waals surface area contributed by atoms with Gasteiger partial charge in [-0.1, -0.05) is 57.6 Å². The number of rotatable bonds is 4. The Bertz CT molecular complexity index is 1160. The minimum atomic E-state index is -0.328. The van der Waals surface area contributed by atoms with Crippen LogP contribution in [0.1, 0.15) is 15.9 Å². The van der Waals surface area contributed by atoms with Crippen LogP contribution in [0.15, 0.2) is 82.4 Å². The summed E-state index contributed by atoms with van der Waals surface area (Å²) in [6, 6.07) is 20.5. The summed E-state index contributed by atoms with van der Waals surface area (Å²) in [6.07, 6.45) is 1.52. The Labute approximate surface area is 173 Å². The average Bonchev–Trinajstić information content (AvgIpc) is 3.13. The Kier molecular flexibility index (Phi) is 5.27. The van der Waals surface area contributed by atoms with Gasteiger partial charge in [-0.15, -0.1) is 0 Å². The molecule has 4 aromatic rings. The molecule has 1 amide bonds. The first kappa shape index (κ1) is 18.5. The van der Waals surface area contributed by atoms with Crippen molar-refractivity contribution in [1.29, 1.82) is 0 Å². The Balaban J connectivity index is 1.75. The number of hydrogen-bond acceptors (Lipinski definition) is 4. The van der Waals surface area contributed by atoms with E-state index in [1.165, 1.54) is 34.7 Å². The van der Waals surface area contributed by atoms with Gasteiger partial charge in [0.05, 0.1) is 16.4 Å². The second-order valence-electron chi connectivity index (χ2n) is 5.89. The maximum absolute atomic E-state index is 13.1. The fraction of sp³-hybridized carbons (Fsp3) is 0. The van der Waals surface area contributed by atoms with Crippen molar-refractivity contribution in [2.75, 3.05) is 5.01 Å². The number of thiazole rings is 1. The first-order valence-corrected chi connectivity index (χ1v) is 9.96. The van der Waals surface area contributed by atoms with Crippen LogP contribution in [0.4, 0.5) is 9.52 Å². The predicted octanol–water partition coefficient (Wildman–Crippen LogP) is 5.88. The van der Waals surface area contributed by atoms with E-state index in [9.17, 15) is 9.18 Å². The fourth-order valence-electron chi connectivity index (χ4n) is 2.54. The molecule has 28 heavy (non-hydrogen) atoms. The van der Waals surface area contributed by atoms with Crippen LogP contribution >= 0.6 is 27.3 Å². The second-order valence-corrected chi connectivity index (χ2v) is 7.81. The van der Waals surface area contributed by atoms with E-state index in [1.54, 1.807) is 36.4 Å². The van der Waals surface area contributed by atoms with Gasteiger partial charge in [0.2, 0.25) is 5.13 Å². The van der Waals surface area contributed by atoms with E-state index in [2.05, 4.69) is 26.0 Å². The lowest BCUT2D eigenvalue weighted by molar-refractivity contribution is 0.0988. The van der Waals surface area contributed by atoms with E-state index < -0.39 is 0 Å². The van der Waals surface area contributed by atoms with Crippen LogP contribution in [0.25, 0.3) is 10.2 Å². The van der Waals surface area contributed by atoms with E-state index in [-0.39, 0.29) is 11.7 Å². The highest BCUT2D eigenvalue weighted by Gasteiger charge is 2.20. The molecular formula is C21H13BrFN3OS. The summed E-state index contributed by atoms with van der Waals surface area (Å²) in [5.41, 5.74) is 1.96. The lowest BCUT2D eigenvalue weighted by Crippen LogP contribution is -2.25. The van der Waals surface area contributed by atoms with Crippen molar-refractivity contribution < 1.29 is 9.18 Å². The molecule has 1 aromatic heterocycles.